The molecule has 0 aliphatic carbocycles. The van der Waals surface area contributed by atoms with Crippen LogP contribution in [0.2, 0.25) is 0 Å². The Morgan fingerprint density at radius 3 is 2.68 bits per heavy atom. The number of benzene rings is 2. The fourth-order valence-electron chi connectivity index (χ4n) is 1.58. The number of anilines is 1. The number of urea groups is 1. The molecule has 0 radical (unpaired) electrons. The normalized spacial score (nSPS) is 9.95. The van der Waals surface area contributed by atoms with Gasteiger partial charge in [-0.25, -0.2) is 4.79 Å². The number of rotatable bonds is 3. The second-order valence-corrected chi connectivity index (χ2v) is 4.80. The molecule has 4 nitrogen and oxygen atoms in total. The summed E-state index contributed by atoms with van der Waals surface area (Å²) in [7, 11) is 0. The van der Waals surface area contributed by atoms with Crippen LogP contribution in [0, 0.1) is 0 Å². The molecule has 19 heavy (non-hydrogen) atoms. The lowest BCUT2D eigenvalue weighted by Crippen LogP contribution is -2.28. The monoisotopic (exact) mass is 320 g/mol. The molecule has 0 saturated heterocycles. The zero-order chi connectivity index (χ0) is 13.7. The van der Waals surface area contributed by atoms with Crippen molar-refractivity contribution in [3.05, 3.63) is 58.6 Å². The highest BCUT2D eigenvalue weighted by atomic mass is 79.9. The lowest BCUT2D eigenvalue weighted by molar-refractivity contribution is 0.251. The van der Waals surface area contributed by atoms with Crippen molar-refractivity contribution in [2.75, 3.05) is 5.32 Å². The molecule has 0 fully saturated rings. The molecule has 0 heterocycles. The van der Waals surface area contributed by atoms with E-state index in [9.17, 15) is 9.90 Å². The largest absolute Gasteiger partial charge is 0.508 e. The number of halogens is 1. The number of phenols is 1. The number of hydrogen-bond donors (Lipinski definition) is 3. The first-order valence-electron chi connectivity index (χ1n) is 5.72. The fraction of sp³-hybridized carbons (Fsp3) is 0.0714. The van der Waals surface area contributed by atoms with Gasteiger partial charge in [0.2, 0.25) is 0 Å². The predicted molar refractivity (Wildman–Crippen MR) is 78.1 cm³/mol. The molecule has 2 rings (SSSR count). The summed E-state index contributed by atoms with van der Waals surface area (Å²) < 4.78 is 0.952. The molecule has 0 saturated carbocycles. The Kier molecular flexibility index (Phi) is 4.41. The maximum absolute atomic E-state index is 11.7. The zero-order valence-electron chi connectivity index (χ0n) is 10.1. The Hall–Kier alpha value is -2.01. The van der Waals surface area contributed by atoms with Crippen LogP contribution in [-0.2, 0) is 6.54 Å². The van der Waals surface area contributed by atoms with Gasteiger partial charge in [0.15, 0.2) is 0 Å². The molecule has 0 bridgehead atoms. The number of aromatic hydroxyl groups is 1. The van der Waals surface area contributed by atoms with Crippen molar-refractivity contribution >= 4 is 27.6 Å². The smallest absolute Gasteiger partial charge is 0.319 e. The third-order valence-electron chi connectivity index (χ3n) is 2.50. The lowest BCUT2D eigenvalue weighted by atomic mass is 10.2. The van der Waals surface area contributed by atoms with Crippen LogP contribution in [0.3, 0.4) is 0 Å². The minimum atomic E-state index is -0.318. The maximum Gasteiger partial charge on any atom is 0.319 e. The quantitative estimate of drug-likeness (QED) is 0.810. The van der Waals surface area contributed by atoms with Gasteiger partial charge in [0, 0.05) is 22.8 Å². The van der Waals surface area contributed by atoms with Crippen LogP contribution >= 0.6 is 15.9 Å². The number of nitrogens with one attached hydrogen (secondary N) is 2. The first-order valence-corrected chi connectivity index (χ1v) is 6.52. The van der Waals surface area contributed by atoms with Crippen molar-refractivity contribution in [3.63, 3.8) is 0 Å². The summed E-state index contributed by atoms with van der Waals surface area (Å²) >= 11 is 3.42. The lowest BCUT2D eigenvalue weighted by Gasteiger charge is -2.09. The van der Waals surface area contributed by atoms with Crippen molar-refractivity contribution in [2.45, 2.75) is 6.54 Å². The van der Waals surface area contributed by atoms with Crippen LogP contribution < -0.4 is 10.6 Å². The average Bonchev–Trinajstić information content (AvgIpc) is 2.38. The zero-order valence-corrected chi connectivity index (χ0v) is 11.6. The summed E-state index contributed by atoms with van der Waals surface area (Å²) in [5.74, 6) is 0.114. The molecular formula is C14H13BrN2O2. The molecule has 0 unspecified atom stereocenters. The van der Waals surface area contributed by atoms with Gasteiger partial charge in [-0.1, -0.05) is 40.2 Å². The molecule has 3 N–H and O–H groups in total. The van der Waals surface area contributed by atoms with Gasteiger partial charge >= 0.3 is 6.03 Å². The molecule has 2 aromatic rings. The molecular weight excluding hydrogens is 308 g/mol. The van der Waals surface area contributed by atoms with Crippen LogP contribution in [0.4, 0.5) is 10.5 Å². The van der Waals surface area contributed by atoms with Crippen LogP contribution in [0.5, 0.6) is 5.75 Å². The summed E-state index contributed by atoms with van der Waals surface area (Å²) in [6, 6.07) is 13.8. The van der Waals surface area contributed by atoms with E-state index >= 15 is 0 Å². The number of carbonyl (C=O) groups is 1. The van der Waals surface area contributed by atoms with Crippen LogP contribution in [0.25, 0.3) is 0 Å². The van der Waals surface area contributed by atoms with E-state index in [2.05, 4.69) is 26.6 Å². The number of hydrogen-bond acceptors (Lipinski definition) is 2. The Bertz CT molecular complexity index is 587. The summed E-state index contributed by atoms with van der Waals surface area (Å²) in [6.07, 6.45) is 0. The van der Waals surface area contributed by atoms with Crippen LogP contribution in [0.15, 0.2) is 53.0 Å². The van der Waals surface area contributed by atoms with Crippen molar-refractivity contribution < 1.29 is 9.90 Å². The van der Waals surface area contributed by atoms with E-state index < -0.39 is 0 Å². The number of amides is 2. The van der Waals surface area contributed by atoms with Crippen LogP contribution in [0.1, 0.15) is 5.56 Å². The van der Waals surface area contributed by atoms with Crippen molar-refractivity contribution in [2.24, 2.45) is 0 Å². The molecule has 0 aromatic heterocycles. The van der Waals surface area contributed by atoms with Gasteiger partial charge in [0.25, 0.3) is 0 Å². The standard InChI is InChI=1S/C14H13BrN2O2/c15-13-7-2-1-4-10(13)9-16-14(19)17-11-5-3-6-12(18)8-11/h1-8,18H,9H2,(H2,16,17,19). The molecule has 5 heteroatoms. The topological polar surface area (TPSA) is 61.4 Å². The highest BCUT2D eigenvalue weighted by Gasteiger charge is 2.03. The van der Waals surface area contributed by atoms with Gasteiger partial charge in [-0.2, -0.15) is 0 Å². The number of phenolic OH excluding ortho intramolecular Hbond substituents is 1. The van der Waals surface area contributed by atoms with E-state index in [-0.39, 0.29) is 11.8 Å². The molecule has 98 valence electrons. The fourth-order valence-corrected chi connectivity index (χ4v) is 2.00. The molecule has 2 amide bonds. The Morgan fingerprint density at radius 1 is 1.16 bits per heavy atom. The molecule has 0 atom stereocenters. The first-order chi connectivity index (χ1) is 9.15. The van der Waals surface area contributed by atoms with Crippen molar-refractivity contribution in [3.8, 4) is 5.75 Å². The van der Waals surface area contributed by atoms with Gasteiger partial charge in [-0.15, -0.1) is 0 Å². The minimum Gasteiger partial charge on any atom is -0.508 e. The Balaban J connectivity index is 1.90. The van der Waals surface area contributed by atoms with Crippen LogP contribution in [-0.4, -0.2) is 11.1 Å². The first kappa shape index (κ1) is 13.4. The third-order valence-corrected chi connectivity index (χ3v) is 3.27. The molecule has 0 aliphatic heterocycles. The van der Waals surface area contributed by atoms with Gasteiger partial charge in [0.05, 0.1) is 0 Å². The molecule has 0 spiro atoms. The Morgan fingerprint density at radius 2 is 1.95 bits per heavy atom. The molecule has 0 aliphatic rings. The maximum atomic E-state index is 11.7. The molecule has 2 aromatic carbocycles. The van der Waals surface area contributed by atoms with Gasteiger partial charge in [-0.3, -0.25) is 0 Å². The summed E-state index contributed by atoms with van der Waals surface area (Å²) in [4.78, 5) is 11.7. The predicted octanol–water partition coefficient (Wildman–Crippen LogP) is 3.48. The van der Waals surface area contributed by atoms with E-state index in [0.29, 0.717) is 12.2 Å². The minimum absolute atomic E-state index is 0.114. The SMILES string of the molecule is O=C(NCc1ccccc1Br)Nc1cccc(O)c1. The van der Waals surface area contributed by atoms with Gasteiger partial charge in [-0.05, 0) is 23.8 Å². The summed E-state index contributed by atoms with van der Waals surface area (Å²) in [5.41, 5.74) is 1.54. The highest BCUT2D eigenvalue weighted by Crippen LogP contribution is 2.16. The second kappa shape index (κ2) is 6.24. The van der Waals surface area contributed by atoms with Gasteiger partial charge in [0.1, 0.15) is 5.75 Å². The van der Waals surface area contributed by atoms with E-state index in [1.54, 1.807) is 18.2 Å². The summed E-state index contributed by atoms with van der Waals surface area (Å²) in [6.45, 7) is 0.423. The number of carbonyl (C=O) groups excluding carboxylic acids is 1. The average molecular weight is 321 g/mol. The van der Waals surface area contributed by atoms with E-state index in [0.717, 1.165) is 10.0 Å². The van der Waals surface area contributed by atoms with E-state index in [1.165, 1.54) is 6.07 Å². The van der Waals surface area contributed by atoms with E-state index in [4.69, 9.17) is 0 Å². The van der Waals surface area contributed by atoms with Crippen molar-refractivity contribution in [1.29, 1.82) is 0 Å². The third kappa shape index (κ3) is 3.99. The van der Waals surface area contributed by atoms with Gasteiger partial charge < -0.3 is 15.7 Å². The summed E-state index contributed by atoms with van der Waals surface area (Å²) in [5, 5.41) is 14.7. The Labute approximate surface area is 119 Å². The highest BCUT2D eigenvalue weighted by molar-refractivity contribution is 9.10. The van der Waals surface area contributed by atoms with Crippen molar-refractivity contribution in [1.82, 2.24) is 5.32 Å². The second-order valence-electron chi connectivity index (χ2n) is 3.95. The van der Waals surface area contributed by atoms with E-state index in [1.807, 2.05) is 24.3 Å².